The predicted molar refractivity (Wildman–Crippen MR) is 149 cm³/mol. The Kier molecular flexibility index (Phi) is 8.37. The van der Waals surface area contributed by atoms with Crippen LogP contribution in [0.25, 0.3) is 10.7 Å². The number of carbonyl (C=O) groups excluding carboxylic acids is 2. The summed E-state index contributed by atoms with van der Waals surface area (Å²) in [6.07, 6.45) is 2.17. The van der Waals surface area contributed by atoms with Crippen LogP contribution in [0.3, 0.4) is 0 Å². The van der Waals surface area contributed by atoms with Crippen molar-refractivity contribution in [2.24, 2.45) is 0 Å². The van der Waals surface area contributed by atoms with E-state index in [1.165, 1.54) is 11.8 Å². The molecule has 2 amide bonds. The van der Waals surface area contributed by atoms with Gasteiger partial charge in [0.25, 0.3) is 5.91 Å². The van der Waals surface area contributed by atoms with Gasteiger partial charge in [-0.05, 0) is 72.8 Å². The van der Waals surface area contributed by atoms with Gasteiger partial charge in [0.1, 0.15) is 5.75 Å². The van der Waals surface area contributed by atoms with Gasteiger partial charge in [0.2, 0.25) is 5.91 Å². The molecule has 38 heavy (non-hydrogen) atoms. The Balaban J connectivity index is 1.17. The number of amides is 2. The van der Waals surface area contributed by atoms with Crippen molar-refractivity contribution in [1.82, 2.24) is 14.8 Å². The molecule has 0 bridgehead atoms. The highest BCUT2D eigenvalue weighted by atomic mass is 32.2. The lowest BCUT2D eigenvalue weighted by Crippen LogP contribution is -2.18. The number of nitrogens with one attached hydrogen (secondary N) is 2. The zero-order chi connectivity index (χ0) is 26.3. The lowest BCUT2D eigenvalue weighted by Gasteiger charge is -2.14. The van der Waals surface area contributed by atoms with Crippen LogP contribution >= 0.6 is 23.1 Å². The molecule has 1 aliphatic heterocycles. The number of ether oxygens (including phenoxy) is 2. The first kappa shape index (κ1) is 26.0. The van der Waals surface area contributed by atoms with Crippen molar-refractivity contribution in [2.75, 3.05) is 30.1 Å². The number of hydrogen-bond acceptors (Lipinski definition) is 8. The lowest BCUT2D eigenvalue weighted by atomic mass is 10.2. The smallest absolute Gasteiger partial charge is 0.255 e. The van der Waals surface area contributed by atoms with Crippen molar-refractivity contribution in [3.05, 3.63) is 71.6 Å². The van der Waals surface area contributed by atoms with Crippen molar-refractivity contribution in [3.63, 3.8) is 0 Å². The minimum atomic E-state index is -0.240. The maximum absolute atomic E-state index is 12.7. The van der Waals surface area contributed by atoms with Crippen molar-refractivity contribution in [2.45, 2.75) is 30.6 Å². The summed E-state index contributed by atoms with van der Waals surface area (Å²) in [4.78, 5) is 26.3. The Morgan fingerprint density at radius 3 is 2.53 bits per heavy atom. The van der Waals surface area contributed by atoms with Gasteiger partial charge in [-0.3, -0.25) is 14.2 Å². The molecule has 3 heterocycles. The van der Waals surface area contributed by atoms with Gasteiger partial charge in [-0.25, -0.2) is 0 Å². The second kappa shape index (κ2) is 12.2. The molecule has 0 saturated carbocycles. The third-order valence-electron chi connectivity index (χ3n) is 5.98. The molecule has 4 aromatic rings. The maximum Gasteiger partial charge on any atom is 0.255 e. The van der Waals surface area contributed by atoms with Crippen LogP contribution in [0.2, 0.25) is 0 Å². The Morgan fingerprint density at radius 2 is 1.84 bits per heavy atom. The summed E-state index contributed by atoms with van der Waals surface area (Å²) in [7, 11) is 1.59. The number of thioether (sulfide) groups is 1. The minimum absolute atomic E-state index is 0.123. The second-order valence-corrected chi connectivity index (χ2v) is 10.5. The van der Waals surface area contributed by atoms with E-state index in [0.717, 1.165) is 30.2 Å². The van der Waals surface area contributed by atoms with Crippen LogP contribution in [0.15, 0.2) is 71.2 Å². The molecular weight excluding hydrogens is 522 g/mol. The molecule has 2 N–H and O–H groups in total. The summed E-state index contributed by atoms with van der Waals surface area (Å²) >= 11 is 2.95. The number of hydrogen-bond donors (Lipinski definition) is 2. The molecule has 0 radical (unpaired) electrons. The first-order valence-electron chi connectivity index (χ1n) is 12.2. The second-order valence-electron chi connectivity index (χ2n) is 8.63. The van der Waals surface area contributed by atoms with Crippen LogP contribution in [0.5, 0.6) is 5.75 Å². The summed E-state index contributed by atoms with van der Waals surface area (Å²) < 4.78 is 13.0. The summed E-state index contributed by atoms with van der Waals surface area (Å²) in [5.74, 6) is 1.27. The van der Waals surface area contributed by atoms with Gasteiger partial charge in [-0.15, -0.1) is 21.5 Å². The number of benzene rings is 2. The van der Waals surface area contributed by atoms with Crippen LogP contribution in [0.4, 0.5) is 11.4 Å². The molecular formula is C27H27N5O4S2. The summed E-state index contributed by atoms with van der Waals surface area (Å²) in [6, 6.07) is 17.9. The van der Waals surface area contributed by atoms with Crippen LogP contribution in [0.1, 0.15) is 23.2 Å². The summed E-state index contributed by atoms with van der Waals surface area (Å²) in [5.41, 5.74) is 1.76. The van der Waals surface area contributed by atoms with Gasteiger partial charge in [0.15, 0.2) is 11.0 Å². The molecule has 0 aliphatic carbocycles. The van der Waals surface area contributed by atoms with E-state index in [9.17, 15) is 9.59 Å². The van der Waals surface area contributed by atoms with Crippen molar-refractivity contribution >= 4 is 46.3 Å². The molecule has 5 rings (SSSR count). The highest BCUT2D eigenvalue weighted by Crippen LogP contribution is 2.29. The van der Waals surface area contributed by atoms with Crippen LogP contribution < -0.4 is 15.4 Å². The number of aromatic nitrogens is 3. The molecule has 0 unspecified atom stereocenters. The predicted octanol–water partition coefficient (Wildman–Crippen LogP) is 5.18. The molecule has 11 heteroatoms. The fourth-order valence-electron chi connectivity index (χ4n) is 4.05. The SMILES string of the molecule is COc1ccc(NC(=O)c2ccc(NC(=O)CSc3nnc(-c4cccs4)n3C[C@@H]3CCCO3)cc2)cc1. The molecule has 9 nitrogen and oxygen atoms in total. The molecule has 2 aromatic carbocycles. The Labute approximate surface area is 228 Å². The van der Waals surface area contributed by atoms with E-state index in [1.54, 1.807) is 67.0 Å². The third-order valence-corrected chi connectivity index (χ3v) is 7.81. The number of thiophene rings is 1. The van der Waals surface area contributed by atoms with Crippen LogP contribution in [0, 0.1) is 0 Å². The Bertz CT molecular complexity index is 1370. The first-order chi connectivity index (χ1) is 18.6. The first-order valence-corrected chi connectivity index (χ1v) is 14.0. The van der Waals surface area contributed by atoms with E-state index in [-0.39, 0.29) is 23.7 Å². The fourth-order valence-corrected chi connectivity index (χ4v) is 5.51. The van der Waals surface area contributed by atoms with Crippen LogP contribution in [-0.4, -0.2) is 52.2 Å². The highest BCUT2D eigenvalue weighted by molar-refractivity contribution is 7.99. The average molecular weight is 550 g/mol. The quantitative estimate of drug-likeness (QED) is 0.263. The molecule has 196 valence electrons. The number of anilines is 2. The minimum Gasteiger partial charge on any atom is -0.497 e. The van der Waals surface area contributed by atoms with Gasteiger partial charge in [-0.1, -0.05) is 17.8 Å². The normalized spacial score (nSPS) is 14.8. The van der Waals surface area contributed by atoms with Gasteiger partial charge in [0, 0.05) is 23.5 Å². The largest absolute Gasteiger partial charge is 0.497 e. The summed E-state index contributed by atoms with van der Waals surface area (Å²) in [5, 5.41) is 17.2. The van der Waals surface area contributed by atoms with Crippen molar-refractivity contribution < 1.29 is 19.1 Å². The van der Waals surface area contributed by atoms with E-state index in [2.05, 4.69) is 25.4 Å². The number of carbonyl (C=O) groups is 2. The standard InChI is InChI=1S/C27H27N5O4S2/c1-35-21-12-10-20(11-13-21)29-26(34)18-6-8-19(9-7-18)28-24(33)17-38-27-31-30-25(23-5-3-15-37-23)32(27)16-22-4-2-14-36-22/h3,5-13,15,22H,2,4,14,16-17H2,1H3,(H,28,33)(H,29,34)/t22-/m0/s1. The fraction of sp³-hybridized carbons (Fsp3) is 0.259. The molecule has 2 aromatic heterocycles. The number of rotatable bonds is 10. The molecule has 1 fully saturated rings. The van der Waals surface area contributed by atoms with E-state index < -0.39 is 0 Å². The van der Waals surface area contributed by atoms with E-state index >= 15 is 0 Å². The lowest BCUT2D eigenvalue weighted by molar-refractivity contribution is -0.113. The Hall–Kier alpha value is -3.67. The van der Waals surface area contributed by atoms with Gasteiger partial charge >= 0.3 is 0 Å². The molecule has 1 atom stereocenters. The molecule has 1 aliphatic rings. The van der Waals surface area contributed by atoms with Crippen molar-refractivity contribution in [3.8, 4) is 16.5 Å². The maximum atomic E-state index is 12.7. The topological polar surface area (TPSA) is 107 Å². The molecule has 1 saturated heterocycles. The highest BCUT2D eigenvalue weighted by Gasteiger charge is 2.22. The molecule has 0 spiro atoms. The van der Waals surface area contributed by atoms with Gasteiger partial charge in [-0.2, -0.15) is 0 Å². The number of methoxy groups -OCH3 is 1. The van der Waals surface area contributed by atoms with Gasteiger partial charge in [0.05, 0.1) is 30.4 Å². The monoisotopic (exact) mass is 549 g/mol. The zero-order valence-corrected chi connectivity index (χ0v) is 22.4. The van der Waals surface area contributed by atoms with Crippen LogP contribution in [-0.2, 0) is 16.1 Å². The van der Waals surface area contributed by atoms with E-state index in [1.807, 2.05) is 17.5 Å². The van der Waals surface area contributed by atoms with Gasteiger partial charge < -0.3 is 20.1 Å². The van der Waals surface area contributed by atoms with E-state index in [0.29, 0.717) is 34.4 Å². The Morgan fingerprint density at radius 1 is 1.08 bits per heavy atom. The average Bonchev–Trinajstić information content (AvgIpc) is 3.72. The third kappa shape index (κ3) is 6.42. The number of nitrogens with zero attached hydrogens (tertiary/aromatic N) is 3. The zero-order valence-electron chi connectivity index (χ0n) is 20.8. The van der Waals surface area contributed by atoms with Crippen molar-refractivity contribution in [1.29, 1.82) is 0 Å². The summed E-state index contributed by atoms with van der Waals surface area (Å²) in [6.45, 7) is 1.43. The van der Waals surface area contributed by atoms with E-state index in [4.69, 9.17) is 9.47 Å².